The molecule has 1 N–H and O–H groups in total. The second-order valence-electron chi connectivity index (χ2n) is 6.19. The molecule has 0 aliphatic carbocycles. The molecule has 3 rings (SSSR count). The van der Waals surface area contributed by atoms with Crippen molar-refractivity contribution in [3.05, 3.63) is 41.0 Å². The average Bonchev–Trinajstić information content (AvgIpc) is 2.80. The summed E-state index contributed by atoms with van der Waals surface area (Å²) < 4.78 is 5.85. The summed E-state index contributed by atoms with van der Waals surface area (Å²) in [5, 5.41) is 18.3. The van der Waals surface area contributed by atoms with Gasteiger partial charge in [0.15, 0.2) is 0 Å². The fourth-order valence-corrected chi connectivity index (χ4v) is 2.81. The van der Waals surface area contributed by atoms with Crippen LogP contribution in [0.4, 0.5) is 0 Å². The van der Waals surface area contributed by atoms with Crippen molar-refractivity contribution in [1.82, 2.24) is 0 Å². The van der Waals surface area contributed by atoms with Gasteiger partial charge in [-0.05, 0) is 32.1 Å². The Bertz CT molecular complexity index is 754. The number of allylic oxidation sites excluding steroid dienone is 1. The van der Waals surface area contributed by atoms with Crippen LogP contribution >= 0.6 is 0 Å². The van der Waals surface area contributed by atoms with Crippen molar-refractivity contribution >= 4 is 11.7 Å². The predicted octanol–water partition coefficient (Wildman–Crippen LogP) is 2.33. The molecule has 0 fully saturated rings. The molecular weight excluding hydrogens is 280 g/mol. The Morgan fingerprint density at radius 1 is 1.50 bits per heavy atom. The van der Waals surface area contributed by atoms with E-state index in [1.54, 1.807) is 18.2 Å². The highest BCUT2D eigenvalue weighted by atomic mass is 16.5. The average molecular weight is 296 g/mol. The molecule has 2 aliphatic heterocycles. The van der Waals surface area contributed by atoms with E-state index < -0.39 is 11.9 Å². The number of aliphatic carboxylic acids is 1. The van der Waals surface area contributed by atoms with E-state index in [-0.39, 0.29) is 12.1 Å². The molecule has 5 heteroatoms. The first-order valence-corrected chi connectivity index (χ1v) is 7.11. The van der Waals surface area contributed by atoms with Gasteiger partial charge in [-0.25, -0.2) is 0 Å². The number of dihydropyridines is 1. The molecule has 0 saturated heterocycles. The first kappa shape index (κ1) is 14.3. The molecule has 5 nitrogen and oxygen atoms in total. The summed E-state index contributed by atoms with van der Waals surface area (Å²) in [5.41, 5.74) is 2.72. The lowest BCUT2D eigenvalue weighted by Crippen LogP contribution is -2.24. The van der Waals surface area contributed by atoms with E-state index in [1.807, 2.05) is 19.9 Å². The van der Waals surface area contributed by atoms with Crippen LogP contribution in [0.2, 0.25) is 0 Å². The fourth-order valence-electron chi connectivity index (χ4n) is 2.81. The van der Waals surface area contributed by atoms with Gasteiger partial charge in [0.05, 0.1) is 23.7 Å². The number of carboxylic acids is 1. The number of rotatable bonds is 2. The maximum atomic E-state index is 10.9. The summed E-state index contributed by atoms with van der Waals surface area (Å²) in [7, 11) is 0. The lowest BCUT2D eigenvalue weighted by molar-refractivity contribution is -0.139. The molecule has 1 atom stereocenters. The highest BCUT2D eigenvalue weighted by Gasteiger charge is 2.32. The van der Waals surface area contributed by atoms with Gasteiger partial charge in [-0.15, -0.1) is 0 Å². The van der Waals surface area contributed by atoms with Crippen LogP contribution in [-0.4, -0.2) is 28.9 Å². The van der Waals surface area contributed by atoms with Crippen LogP contribution in [0.25, 0.3) is 0 Å². The van der Waals surface area contributed by atoms with Crippen molar-refractivity contribution in [3.63, 3.8) is 0 Å². The molecule has 0 radical (unpaired) electrons. The summed E-state index contributed by atoms with van der Waals surface area (Å²) in [6, 6.07) is 5.91. The highest BCUT2D eigenvalue weighted by Crippen LogP contribution is 2.38. The minimum Gasteiger partial charge on any atom is -0.486 e. The predicted molar refractivity (Wildman–Crippen MR) is 81.2 cm³/mol. The van der Waals surface area contributed by atoms with Crippen LogP contribution in [0, 0.1) is 17.2 Å². The second kappa shape index (κ2) is 4.99. The number of fused-ring (bicyclic) bond motifs is 1. The van der Waals surface area contributed by atoms with Crippen LogP contribution in [0.5, 0.6) is 5.75 Å². The van der Waals surface area contributed by atoms with Crippen LogP contribution in [0.3, 0.4) is 0 Å². The molecule has 0 bridgehead atoms. The summed E-state index contributed by atoms with van der Waals surface area (Å²) >= 11 is 0. The molecule has 1 aromatic carbocycles. The van der Waals surface area contributed by atoms with Crippen molar-refractivity contribution in [2.24, 2.45) is 10.9 Å². The van der Waals surface area contributed by atoms with Gasteiger partial charge in [0, 0.05) is 17.5 Å². The van der Waals surface area contributed by atoms with Gasteiger partial charge in [-0.1, -0.05) is 6.08 Å². The van der Waals surface area contributed by atoms with Gasteiger partial charge < -0.3 is 9.84 Å². The summed E-state index contributed by atoms with van der Waals surface area (Å²) in [5.74, 6) is -0.795. The van der Waals surface area contributed by atoms with Crippen molar-refractivity contribution in [1.29, 1.82) is 5.26 Å². The number of aliphatic imine (C=N–C) groups is 1. The third-order valence-corrected chi connectivity index (χ3v) is 3.84. The Morgan fingerprint density at radius 3 is 2.86 bits per heavy atom. The molecule has 112 valence electrons. The molecular formula is C17H16N2O3. The van der Waals surface area contributed by atoms with Gasteiger partial charge in [0.2, 0.25) is 0 Å². The third kappa shape index (κ3) is 2.48. The Hall–Kier alpha value is -2.61. The lowest BCUT2D eigenvalue weighted by Gasteiger charge is -2.17. The minimum atomic E-state index is -0.874. The Balaban J connectivity index is 1.97. The molecule has 1 unspecified atom stereocenters. The third-order valence-electron chi connectivity index (χ3n) is 3.84. The van der Waals surface area contributed by atoms with Gasteiger partial charge in [0.1, 0.15) is 17.4 Å². The van der Waals surface area contributed by atoms with Crippen LogP contribution in [0.1, 0.15) is 30.5 Å². The normalized spacial score (nSPS) is 21.5. The topological polar surface area (TPSA) is 82.7 Å². The van der Waals surface area contributed by atoms with Gasteiger partial charge in [-0.2, -0.15) is 5.26 Å². The fraction of sp³-hybridized carbons (Fsp3) is 0.353. The second-order valence-corrected chi connectivity index (χ2v) is 6.19. The van der Waals surface area contributed by atoms with E-state index >= 15 is 0 Å². The first-order chi connectivity index (χ1) is 10.4. The van der Waals surface area contributed by atoms with Crippen LogP contribution < -0.4 is 4.74 Å². The van der Waals surface area contributed by atoms with Gasteiger partial charge in [0.25, 0.3) is 0 Å². The number of nitrogens with zero attached hydrogens (tertiary/aromatic N) is 2. The number of hydrogen-bond acceptors (Lipinski definition) is 4. The summed E-state index contributed by atoms with van der Waals surface area (Å²) in [6.07, 6.45) is 4.09. The molecule has 0 amide bonds. The van der Waals surface area contributed by atoms with E-state index in [0.717, 1.165) is 17.5 Å². The van der Waals surface area contributed by atoms with Crippen molar-refractivity contribution in [2.75, 3.05) is 6.54 Å². The van der Waals surface area contributed by atoms with E-state index in [2.05, 4.69) is 11.1 Å². The van der Waals surface area contributed by atoms with Gasteiger partial charge in [-0.3, -0.25) is 9.79 Å². The molecule has 2 aliphatic rings. The monoisotopic (exact) mass is 296 g/mol. The highest BCUT2D eigenvalue weighted by molar-refractivity contribution is 6.10. The zero-order valence-electron chi connectivity index (χ0n) is 12.5. The van der Waals surface area contributed by atoms with Crippen LogP contribution in [0.15, 0.2) is 29.3 Å². The maximum Gasteiger partial charge on any atom is 0.312 e. The summed E-state index contributed by atoms with van der Waals surface area (Å²) in [6.45, 7) is 4.20. The van der Waals surface area contributed by atoms with E-state index in [4.69, 9.17) is 9.84 Å². The Labute approximate surface area is 128 Å². The molecule has 2 heterocycles. The summed E-state index contributed by atoms with van der Waals surface area (Å²) in [4.78, 5) is 15.3. The van der Waals surface area contributed by atoms with Crippen molar-refractivity contribution in [2.45, 2.75) is 25.9 Å². The van der Waals surface area contributed by atoms with Crippen molar-refractivity contribution < 1.29 is 14.6 Å². The number of carbonyl (C=O) groups is 1. The number of hydrogen-bond donors (Lipinski definition) is 1. The number of benzene rings is 1. The molecule has 0 spiro atoms. The van der Waals surface area contributed by atoms with Crippen molar-refractivity contribution in [3.8, 4) is 11.8 Å². The maximum absolute atomic E-state index is 10.9. The first-order valence-electron chi connectivity index (χ1n) is 7.11. The quantitative estimate of drug-likeness (QED) is 0.908. The Morgan fingerprint density at radius 2 is 2.27 bits per heavy atom. The minimum absolute atomic E-state index is 0.224. The molecule has 0 saturated carbocycles. The zero-order chi connectivity index (χ0) is 15.9. The number of ether oxygens (including phenoxy) is 1. The van der Waals surface area contributed by atoms with E-state index in [0.29, 0.717) is 17.0 Å². The number of nitriles is 1. The Kier molecular flexibility index (Phi) is 3.25. The SMILES string of the molecule is CC1(C)Cc2cc(C3=NCC(C(=O)O)C=C3)cc(C#N)c2O1. The number of carboxylic acid groups (broad SMARTS) is 1. The smallest absolute Gasteiger partial charge is 0.312 e. The molecule has 0 aromatic heterocycles. The van der Waals surface area contributed by atoms with E-state index in [9.17, 15) is 10.1 Å². The largest absolute Gasteiger partial charge is 0.486 e. The zero-order valence-corrected chi connectivity index (χ0v) is 12.5. The van der Waals surface area contributed by atoms with E-state index in [1.165, 1.54) is 0 Å². The van der Waals surface area contributed by atoms with Gasteiger partial charge >= 0.3 is 5.97 Å². The lowest BCUT2D eigenvalue weighted by atomic mass is 9.95. The van der Waals surface area contributed by atoms with Crippen LogP contribution in [-0.2, 0) is 11.2 Å². The molecule has 22 heavy (non-hydrogen) atoms. The molecule has 1 aromatic rings. The standard InChI is InChI=1S/C17H16N2O3/c1-17(2)7-12-5-11(6-13(8-18)15(12)22-17)14-4-3-10(9-19-14)16(20)21/h3-6,10H,7,9H2,1-2H3,(H,20,21).